The van der Waals surface area contributed by atoms with Gasteiger partial charge in [0.2, 0.25) is 0 Å². The van der Waals surface area contributed by atoms with Gasteiger partial charge < -0.3 is 9.80 Å². The van der Waals surface area contributed by atoms with Crippen LogP contribution >= 0.6 is 48.0 Å². The quantitative estimate of drug-likeness (QED) is 0.594. The van der Waals surface area contributed by atoms with E-state index >= 15 is 0 Å². The fourth-order valence-electron chi connectivity index (χ4n) is 0.814. The molecule has 0 aromatic heterocycles. The molecule has 0 saturated carbocycles. The summed E-state index contributed by atoms with van der Waals surface area (Å²) in [6.07, 6.45) is 4.17. The first-order valence-corrected chi connectivity index (χ1v) is 3.19. The molecule has 1 aliphatic rings. The highest BCUT2D eigenvalue weighted by Gasteiger charge is 2.28. The molecule has 0 saturated heterocycles. The summed E-state index contributed by atoms with van der Waals surface area (Å²) in [7, 11) is 4.17. The molecule has 2 nitrogen and oxygen atoms in total. The lowest BCUT2D eigenvalue weighted by molar-refractivity contribution is 0.105. The molecule has 0 aromatic rings. The maximum absolute atomic E-state index is 2.19. The Morgan fingerprint density at radius 2 is 1.18 bits per heavy atom. The van der Waals surface area contributed by atoms with E-state index in [2.05, 4.69) is 50.1 Å². The Bertz CT molecular complexity index is 131. The maximum Gasteiger partial charge on any atom is 0.105 e. The standard InChI is InChI=1S/C7H14N2.2HI/c1-7(2)8(3)5-6-9(7)4;;/h5-6H,1-4H3;2*1H. The van der Waals surface area contributed by atoms with E-state index < -0.39 is 0 Å². The van der Waals surface area contributed by atoms with Crippen LogP contribution in [0.3, 0.4) is 0 Å². The molecular formula is C7H16I2N2. The van der Waals surface area contributed by atoms with Crippen LogP contribution in [0.25, 0.3) is 0 Å². The van der Waals surface area contributed by atoms with Crippen molar-refractivity contribution in [1.82, 2.24) is 9.80 Å². The topological polar surface area (TPSA) is 6.48 Å². The van der Waals surface area contributed by atoms with E-state index in [1.807, 2.05) is 0 Å². The minimum Gasteiger partial charge on any atom is -0.357 e. The lowest BCUT2D eigenvalue weighted by Gasteiger charge is -2.35. The normalized spacial score (nSPS) is 19.3. The molecule has 0 aromatic carbocycles. The third-order valence-electron chi connectivity index (χ3n) is 2.24. The van der Waals surface area contributed by atoms with Gasteiger partial charge >= 0.3 is 0 Å². The van der Waals surface area contributed by atoms with Gasteiger partial charge in [-0.15, -0.1) is 48.0 Å². The first-order valence-electron chi connectivity index (χ1n) is 3.19. The van der Waals surface area contributed by atoms with Crippen molar-refractivity contribution in [1.29, 1.82) is 0 Å². The molecule has 11 heavy (non-hydrogen) atoms. The van der Waals surface area contributed by atoms with Crippen molar-refractivity contribution in [3.05, 3.63) is 12.4 Å². The summed E-state index contributed by atoms with van der Waals surface area (Å²) in [5.74, 6) is 0. The van der Waals surface area contributed by atoms with Crippen LogP contribution in [0, 0.1) is 0 Å². The van der Waals surface area contributed by atoms with Crippen LogP contribution in [0.2, 0.25) is 0 Å². The van der Waals surface area contributed by atoms with Crippen LogP contribution < -0.4 is 0 Å². The molecule has 68 valence electrons. The number of hydrogen-bond acceptors (Lipinski definition) is 2. The Hall–Kier alpha value is 0.800. The Morgan fingerprint density at radius 1 is 0.909 bits per heavy atom. The number of rotatable bonds is 0. The van der Waals surface area contributed by atoms with Crippen molar-refractivity contribution < 1.29 is 0 Å². The highest BCUT2D eigenvalue weighted by atomic mass is 127. The Morgan fingerprint density at radius 3 is 1.27 bits per heavy atom. The van der Waals surface area contributed by atoms with Gasteiger partial charge in [0.15, 0.2) is 0 Å². The monoisotopic (exact) mass is 382 g/mol. The van der Waals surface area contributed by atoms with Crippen molar-refractivity contribution in [2.24, 2.45) is 0 Å². The first-order chi connectivity index (χ1) is 4.05. The van der Waals surface area contributed by atoms with E-state index in [4.69, 9.17) is 0 Å². The number of nitrogens with zero attached hydrogens (tertiary/aromatic N) is 2. The van der Waals surface area contributed by atoms with Gasteiger partial charge in [0, 0.05) is 26.5 Å². The molecule has 1 rings (SSSR count). The van der Waals surface area contributed by atoms with Crippen molar-refractivity contribution >= 4 is 48.0 Å². The van der Waals surface area contributed by atoms with Gasteiger partial charge in [-0.1, -0.05) is 0 Å². The second-order valence-electron chi connectivity index (χ2n) is 3.01. The average Bonchev–Trinajstić information content (AvgIpc) is 1.96. The second kappa shape index (κ2) is 4.74. The minimum absolute atomic E-state index is 0. The van der Waals surface area contributed by atoms with Crippen LogP contribution in [0.15, 0.2) is 12.4 Å². The summed E-state index contributed by atoms with van der Waals surface area (Å²) in [5, 5.41) is 0. The summed E-state index contributed by atoms with van der Waals surface area (Å²) < 4.78 is 0. The molecule has 0 fully saturated rings. The van der Waals surface area contributed by atoms with Gasteiger partial charge in [0.25, 0.3) is 0 Å². The SMILES string of the molecule is CN1C=CN(C)C1(C)C.I.I. The fourth-order valence-corrected chi connectivity index (χ4v) is 0.814. The summed E-state index contributed by atoms with van der Waals surface area (Å²) in [6.45, 7) is 4.38. The fraction of sp³-hybridized carbons (Fsp3) is 0.714. The van der Waals surface area contributed by atoms with E-state index in [1.165, 1.54) is 0 Å². The third kappa shape index (κ3) is 2.64. The summed E-state index contributed by atoms with van der Waals surface area (Å²) in [5.41, 5.74) is 0.167. The van der Waals surface area contributed by atoms with Crippen LogP contribution in [0.1, 0.15) is 13.8 Å². The van der Waals surface area contributed by atoms with E-state index in [9.17, 15) is 0 Å². The lowest BCUT2D eigenvalue weighted by Crippen LogP contribution is -2.44. The molecule has 0 bridgehead atoms. The van der Waals surface area contributed by atoms with Gasteiger partial charge in [0.05, 0.1) is 0 Å². The summed E-state index contributed by atoms with van der Waals surface area (Å²) in [6, 6.07) is 0. The Kier molecular flexibility index (Phi) is 6.17. The molecule has 0 N–H and O–H groups in total. The number of halogens is 2. The predicted molar refractivity (Wildman–Crippen MR) is 69.6 cm³/mol. The third-order valence-corrected chi connectivity index (χ3v) is 2.24. The zero-order valence-corrected chi connectivity index (χ0v) is 12.0. The number of hydrogen-bond donors (Lipinski definition) is 0. The smallest absolute Gasteiger partial charge is 0.105 e. The second-order valence-corrected chi connectivity index (χ2v) is 3.01. The van der Waals surface area contributed by atoms with Crippen LogP contribution in [-0.2, 0) is 0 Å². The molecule has 0 amide bonds. The van der Waals surface area contributed by atoms with Crippen molar-refractivity contribution in [3.63, 3.8) is 0 Å². The molecule has 4 heteroatoms. The average molecular weight is 382 g/mol. The molecule has 0 radical (unpaired) electrons. The molecule has 0 aliphatic carbocycles. The Balaban J connectivity index is 0. The van der Waals surface area contributed by atoms with Gasteiger partial charge in [0.1, 0.15) is 5.66 Å². The van der Waals surface area contributed by atoms with E-state index in [0.29, 0.717) is 0 Å². The van der Waals surface area contributed by atoms with Gasteiger partial charge in [-0.05, 0) is 13.8 Å². The van der Waals surface area contributed by atoms with Crippen molar-refractivity contribution in [2.45, 2.75) is 19.5 Å². The van der Waals surface area contributed by atoms with E-state index in [-0.39, 0.29) is 53.6 Å². The van der Waals surface area contributed by atoms with Gasteiger partial charge in [-0.25, -0.2) is 0 Å². The van der Waals surface area contributed by atoms with Crippen LogP contribution in [0.4, 0.5) is 0 Å². The minimum atomic E-state index is 0. The molecule has 1 heterocycles. The lowest BCUT2D eigenvalue weighted by atomic mass is 10.2. The van der Waals surface area contributed by atoms with E-state index in [0.717, 1.165) is 0 Å². The van der Waals surface area contributed by atoms with E-state index in [1.54, 1.807) is 0 Å². The summed E-state index contributed by atoms with van der Waals surface area (Å²) in [4.78, 5) is 4.38. The zero-order valence-electron chi connectivity index (χ0n) is 7.37. The first kappa shape index (κ1) is 14.3. The molecular weight excluding hydrogens is 366 g/mol. The van der Waals surface area contributed by atoms with Crippen LogP contribution in [0.5, 0.6) is 0 Å². The highest BCUT2D eigenvalue weighted by Crippen LogP contribution is 2.22. The van der Waals surface area contributed by atoms with Crippen molar-refractivity contribution in [2.75, 3.05) is 14.1 Å². The largest absolute Gasteiger partial charge is 0.357 e. The Labute approximate surface area is 103 Å². The molecule has 0 unspecified atom stereocenters. The maximum atomic E-state index is 2.19. The van der Waals surface area contributed by atoms with Gasteiger partial charge in [-0.3, -0.25) is 0 Å². The summed E-state index contributed by atoms with van der Waals surface area (Å²) >= 11 is 0. The highest BCUT2D eigenvalue weighted by molar-refractivity contribution is 14.0. The van der Waals surface area contributed by atoms with Crippen LogP contribution in [-0.4, -0.2) is 29.6 Å². The van der Waals surface area contributed by atoms with Gasteiger partial charge in [-0.2, -0.15) is 0 Å². The molecule has 0 atom stereocenters. The molecule has 0 spiro atoms. The van der Waals surface area contributed by atoms with Crippen molar-refractivity contribution in [3.8, 4) is 0 Å². The predicted octanol–water partition coefficient (Wildman–Crippen LogP) is 2.31. The zero-order chi connectivity index (χ0) is 7.07. The molecule has 1 aliphatic heterocycles.